The van der Waals surface area contributed by atoms with E-state index in [0.29, 0.717) is 10.2 Å². The van der Waals surface area contributed by atoms with E-state index < -0.39 is 0 Å². The molecule has 18 heavy (non-hydrogen) atoms. The molecule has 0 bridgehead atoms. The first kappa shape index (κ1) is 14.6. The van der Waals surface area contributed by atoms with Gasteiger partial charge in [-0.25, -0.2) is 4.98 Å². The minimum absolute atomic E-state index is 0.0386. The van der Waals surface area contributed by atoms with Crippen LogP contribution in [0.5, 0.6) is 0 Å². The van der Waals surface area contributed by atoms with Crippen molar-refractivity contribution in [3.05, 3.63) is 28.5 Å². The second-order valence-corrected chi connectivity index (χ2v) is 5.06. The highest BCUT2D eigenvalue weighted by molar-refractivity contribution is 9.10. The molecule has 1 N–H and O–H groups in total. The van der Waals surface area contributed by atoms with E-state index in [1.165, 1.54) is 4.90 Å². The predicted octanol–water partition coefficient (Wildman–Crippen LogP) is 1.44. The number of aromatic nitrogens is 1. The highest BCUT2D eigenvalue weighted by Gasteiger charge is 2.15. The Morgan fingerprint density at radius 3 is 2.72 bits per heavy atom. The standard InChI is InChI=1S/C12H16BrN3O2/c1-8(2)15-11(17)7-16(3)12(18)9-4-5-14-10(13)6-9/h4-6,8H,7H2,1-3H3,(H,15,17). The number of amides is 2. The second kappa shape index (κ2) is 6.49. The third-order valence-corrected chi connectivity index (χ3v) is 2.58. The van der Waals surface area contributed by atoms with Gasteiger partial charge in [-0.15, -0.1) is 0 Å². The molecule has 0 aliphatic heterocycles. The van der Waals surface area contributed by atoms with Crippen LogP contribution >= 0.6 is 15.9 Å². The van der Waals surface area contributed by atoms with E-state index in [4.69, 9.17) is 0 Å². The number of pyridine rings is 1. The molecular formula is C12H16BrN3O2. The van der Waals surface area contributed by atoms with Crippen molar-refractivity contribution in [3.8, 4) is 0 Å². The van der Waals surface area contributed by atoms with Crippen LogP contribution in [0.2, 0.25) is 0 Å². The van der Waals surface area contributed by atoms with Crippen molar-refractivity contribution in [3.63, 3.8) is 0 Å². The summed E-state index contributed by atoms with van der Waals surface area (Å²) in [7, 11) is 1.59. The molecule has 6 heteroatoms. The third-order valence-electron chi connectivity index (χ3n) is 2.15. The smallest absolute Gasteiger partial charge is 0.254 e. The molecule has 0 fully saturated rings. The fourth-order valence-electron chi connectivity index (χ4n) is 1.41. The zero-order valence-electron chi connectivity index (χ0n) is 10.6. The summed E-state index contributed by atoms with van der Waals surface area (Å²) >= 11 is 3.20. The number of hydrogen-bond donors (Lipinski definition) is 1. The summed E-state index contributed by atoms with van der Waals surface area (Å²) in [5.41, 5.74) is 0.497. The van der Waals surface area contributed by atoms with Crippen molar-refractivity contribution in [2.75, 3.05) is 13.6 Å². The predicted molar refractivity (Wildman–Crippen MR) is 72.2 cm³/mol. The van der Waals surface area contributed by atoms with Gasteiger partial charge in [0.2, 0.25) is 5.91 Å². The molecule has 0 aliphatic rings. The zero-order valence-corrected chi connectivity index (χ0v) is 12.2. The van der Waals surface area contributed by atoms with Crippen LogP contribution in [0.25, 0.3) is 0 Å². The lowest BCUT2D eigenvalue weighted by molar-refractivity contribution is -0.122. The summed E-state index contributed by atoms with van der Waals surface area (Å²) in [6, 6.07) is 3.31. The minimum atomic E-state index is -0.211. The SMILES string of the molecule is CC(C)NC(=O)CN(C)C(=O)c1ccnc(Br)c1. The first-order valence-electron chi connectivity index (χ1n) is 5.56. The largest absolute Gasteiger partial charge is 0.352 e. The van der Waals surface area contributed by atoms with Crippen molar-refractivity contribution >= 4 is 27.7 Å². The van der Waals surface area contributed by atoms with Crippen LogP contribution in [0.15, 0.2) is 22.9 Å². The molecular weight excluding hydrogens is 298 g/mol. The lowest BCUT2D eigenvalue weighted by atomic mass is 10.2. The van der Waals surface area contributed by atoms with Crippen molar-refractivity contribution in [2.45, 2.75) is 19.9 Å². The molecule has 0 radical (unpaired) electrons. The number of halogens is 1. The van der Waals surface area contributed by atoms with Gasteiger partial charge in [-0.05, 0) is 41.9 Å². The van der Waals surface area contributed by atoms with Gasteiger partial charge in [0.15, 0.2) is 0 Å². The van der Waals surface area contributed by atoms with Crippen LogP contribution < -0.4 is 5.32 Å². The lowest BCUT2D eigenvalue weighted by Crippen LogP contribution is -2.40. The minimum Gasteiger partial charge on any atom is -0.352 e. The Morgan fingerprint density at radius 2 is 2.17 bits per heavy atom. The van der Waals surface area contributed by atoms with E-state index in [0.717, 1.165) is 0 Å². The molecule has 2 amide bonds. The first-order chi connectivity index (χ1) is 8.40. The van der Waals surface area contributed by atoms with Crippen LogP contribution in [0, 0.1) is 0 Å². The summed E-state index contributed by atoms with van der Waals surface area (Å²) in [6.07, 6.45) is 1.54. The van der Waals surface area contributed by atoms with Crippen LogP contribution in [0.4, 0.5) is 0 Å². The number of nitrogens with zero attached hydrogens (tertiary/aromatic N) is 2. The number of hydrogen-bond acceptors (Lipinski definition) is 3. The van der Waals surface area contributed by atoms with Gasteiger partial charge in [0, 0.05) is 24.8 Å². The molecule has 0 saturated carbocycles. The van der Waals surface area contributed by atoms with Crippen molar-refractivity contribution in [1.29, 1.82) is 0 Å². The number of carbonyl (C=O) groups is 2. The Hall–Kier alpha value is -1.43. The van der Waals surface area contributed by atoms with E-state index in [1.807, 2.05) is 13.8 Å². The Morgan fingerprint density at radius 1 is 1.50 bits per heavy atom. The fourth-order valence-corrected chi connectivity index (χ4v) is 1.78. The Bertz CT molecular complexity index is 449. The summed E-state index contributed by atoms with van der Waals surface area (Å²) in [6.45, 7) is 3.79. The van der Waals surface area contributed by atoms with Crippen molar-refractivity contribution in [1.82, 2.24) is 15.2 Å². The third kappa shape index (κ3) is 4.44. The molecule has 0 aliphatic carbocycles. The maximum Gasteiger partial charge on any atom is 0.254 e. The number of rotatable bonds is 4. The molecule has 0 unspecified atom stereocenters. The molecule has 0 atom stereocenters. The van der Waals surface area contributed by atoms with Crippen LogP contribution in [-0.4, -0.2) is 41.3 Å². The Labute approximate surface area is 115 Å². The average Bonchev–Trinajstić information content (AvgIpc) is 2.26. The van der Waals surface area contributed by atoms with Crippen LogP contribution in [0.1, 0.15) is 24.2 Å². The van der Waals surface area contributed by atoms with Gasteiger partial charge in [0.1, 0.15) is 4.60 Å². The van der Waals surface area contributed by atoms with Crippen molar-refractivity contribution < 1.29 is 9.59 Å². The average molecular weight is 314 g/mol. The summed E-state index contributed by atoms with van der Waals surface area (Å²) < 4.78 is 0.591. The summed E-state index contributed by atoms with van der Waals surface area (Å²) in [5, 5.41) is 2.74. The molecule has 5 nitrogen and oxygen atoms in total. The molecule has 1 heterocycles. The van der Waals surface area contributed by atoms with E-state index in [-0.39, 0.29) is 24.4 Å². The van der Waals surface area contributed by atoms with Gasteiger partial charge in [-0.3, -0.25) is 9.59 Å². The molecule has 0 aromatic carbocycles. The normalized spacial score (nSPS) is 10.3. The molecule has 0 saturated heterocycles. The highest BCUT2D eigenvalue weighted by Crippen LogP contribution is 2.09. The van der Waals surface area contributed by atoms with Crippen LogP contribution in [0.3, 0.4) is 0 Å². The summed E-state index contributed by atoms with van der Waals surface area (Å²) in [5.74, 6) is -0.383. The van der Waals surface area contributed by atoms with Gasteiger partial charge < -0.3 is 10.2 Å². The topological polar surface area (TPSA) is 62.3 Å². The van der Waals surface area contributed by atoms with E-state index in [2.05, 4.69) is 26.2 Å². The quantitative estimate of drug-likeness (QED) is 0.856. The maximum absolute atomic E-state index is 12.0. The Kier molecular flexibility index (Phi) is 5.27. The molecule has 1 aromatic heterocycles. The van der Waals surface area contributed by atoms with Gasteiger partial charge >= 0.3 is 0 Å². The van der Waals surface area contributed by atoms with Crippen molar-refractivity contribution in [2.24, 2.45) is 0 Å². The fraction of sp³-hybridized carbons (Fsp3) is 0.417. The van der Waals surface area contributed by atoms with Crippen LogP contribution in [-0.2, 0) is 4.79 Å². The first-order valence-corrected chi connectivity index (χ1v) is 6.36. The number of likely N-dealkylation sites (N-methyl/N-ethyl adjacent to an activating group) is 1. The summed E-state index contributed by atoms with van der Waals surface area (Å²) in [4.78, 5) is 28.9. The molecule has 0 spiro atoms. The molecule has 1 aromatic rings. The zero-order chi connectivity index (χ0) is 13.7. The lowest BCUT2D eigenvalue weighted by Gasteiger charge is -2.17. The number of nitrogens with one attached hydrogen (secondary N) is 1. The van der Waals surface area contributed by atoms with Gasteiger partial charge in [-0.1, -0.05) is 0 Å². The van der Waals surface area contributed by atoms with Gasteiger partial charge in [-0.2, -0.15) is 0 Å². The van der Waals surface area contributed by atoms with E-state index in [1.54, 1.807) is 25.4 Å². The van der Waals surface area contributed by atoms with E-state index >= 15 is 0 Å². The second-order valence-electron chi connectivity index (χ2n) is 4.25. The monoisotopic (exact) mass is 313 g/mol. The number of carbonyl (C=O) groups excluding carboxylic acids is 2. The molecule has 98 valence electrons. The Balaban J connectivity index is 2.64. The highest BCUT2D eigenvalue weighted by atomic mass is 79.9. The van der Waals surface area contributed by atoms with E-state index in [9.17, 15) is 9.59 Å². The molecule has 1 rings (SSSR count). The maximum atomic E-state index is 12.0. The van der Waals surface area contributed by atoms with Gasteiger partial charge in [0.05, 0.1) is 6.54 Å². The van der Waals surface area contributed by atoms with Gasteiger partial charge in [0.25, 0.3) is 5.91 Å².